The summed E-state index contributed by atoms with van der Waals surface area (Å²) in [6.07, 6.45) is 0. The van der Waals surface area contributed by atoms with Gasteiger partial charge in [-0.2, -0.15) is 5.10 Å². The highest BCUT2D eigenvalue weighted by molar-refractivity contribution is 7.16. The molecular weight excluding hydrogens is 324 g/mol. The van der Waals surface area contributed by atoms with E-state index in [-0.39, 0.29) is 27.6 Å². The van der Waals surface area contributed by atoms with Crippen LogP contribution in [0.5, 0.6) is 0 Å². The first-order valence-electron chi connectivity index (χ1n) is 6.44. The second-order valence-corrected chi connectivity index (χ2v) is 5.97. The van der Waals surface area contributed by atoms with E-state index in [0.29, 0.717) is 0 Å². The van der Waals surface area contributed by atoms with E-state index in [1.54, 1.807) is 13.0 Å². The number of hydrogen-bond acceptors (Lipinski definition) is 7. The Hall–Kier alpha value is -2.75. The maximum Gasteiger partial charge on any atom is 0.340 e. The van der Waals surface area contributed by atoms with Crippen LogP contribution < -0.4 is 5.32 Å². The van der Waals surface area contributed by atoms with E-state index in [9.17, 15) is 19.7 Å². The molecule has 0 aliphatic heterocycles. The molecule has 2 aromatic heterocycles. The van der Waals surface area contributed by atoms with Gasteiger partial charge in [-0.1, -0.05) is 0 Å². The first-order valence-corrected chi connectivity index (χ1v) is 7.26. The Bertz CT molecular complexity index is 808. The zero-order valence-corrected chi connectivity index (χ0v) is 13.7. The van der Waals surface area contributed by atoms with Crippen molar-refractivity contribution in [1.29, 1.82) is 0 Å². The van der Waals surface area contributed by atoms with E-state index < -0.39 is 16.8 Å². The lowest BCUT2D eigenvalue weighted by molar-refractivity contribution is -0.385. The molecule has 1 N–H and O–H groups in total. The number of anilines is 1. The Morgan fingerprint density at radius 2 is 2.09 bits per heavy atom. The maximum atomic E-state index is 12.4. The number of carbonyl (C=O) groups is 2. The number of aryl methyl sites for hydroxylation is 3. The lowest BCUT2D eigenvalue weighted by atomic mass is 10.2. The fourth-order valence-corrected chi connectivity index (χ4v) is 3.05. The molecule has 10 heteroatoms. The number of nitro groups is 1. The van der Waals surface area contributed by atoms with Gasteiger partial charge >= 0.3 is 11.7 Å². The molecular formula is C13H14N4O5S. The number of methoxy groups -OCH3 is 1. The normalized spacial score (nSPS) is 10.4. The standard InChI is InChI=1S/C13H14N4O5S/c1-6-5-8(13(19)22-4)12(23-6)14-11(18)10-9(17(20)21)7(2)15-16(10)3/h5H,1-4H3,(H,14,18). The van der Waals surface area contributed by atoms with Crippen LogP contribution in [0.25, 0.3) is 0 Å². The van der Waals surface area contributed by atoms with Crippen molar-refractivity contribution < 1.29 is 19.2 Å². The van der Waals surface area contributed by atoms with Crippen LogP contribution in [-0.2, 0) is 11.8 Å². The zero-order valence-electron chi connectivity index (χ0n) is 12.9. The molecule has 0 aliphatic rings. The Balaban J connectivity index is 2.42. The highest BCUT2D eigenvalue weighted by atomic mass is 32.1. The molecule has 0 radical (unpaired) electrons. The van der Waals surface area contributed by atoms with Crippen molar-refractivity contribution in [3.8, 4) is 0 Å². The number of hydrogen-bond donors (Lipinski definition) is 1. The van der Waals surface area contributed by atoms with E-state index in [2.05, 4.69) is 15.2 Å². The van der Waals surface area contributed by atoms with E-state index >= 15 is 0 Å². The monoisotopic (exact) mass is 338 g/mol. The minimum atomic E-state index is -0.716. The highest BCUT2D eigenvalue weighted by Gasteiger charge is 2.30. The van der Waals surface area contributed by atoms with Gasteiger partial charge in [-0.25, -0.2) is 4.79 Å². The molecule has 23 heavy (non-hydrogen) atoms. The topological polar surface area (TPSA) is 116 Å². The minimum absolute atomic E-state index is 0.137. The van der Waals surface area contributed by atoms with E-state index in [4.69, 9.17) is 0 Å². The molecule has 1 amide bonds. The Morgan fingerprint density at radius 1 is 1.43 bits per heavy atom. The van der Waals surface area contributed by atoms with E-state index in [1.807, 2.05) is 0 Å². The third-order valence-corrected chi connectivity index (χ3v) is 4.04. The van der Waals surface area contributed by atoms with Crippen LogP contribution >= 0.6 is 11.3 Å². The molecule has 0 unspecified atom stereocenters. The molecule has 2 aromatic rings. The fourth-order valence-electron chi connectivity index (χ4n) is 2.15. The summed E-state index contributed by atoms with van der Waals surface area (Å²) in [5.74, 6) is -1.31. The molecule has 0 bridgehead atoms. The van der Waals surface area contributed by atoms with Crippen LogP contribution in [0.4, 0.5) is 10.7 Å². The number of amides is 1. The van der Waals surface area contributed by atoms with Crippen molar-refractivity contribution >= 4 is 33.9 Å². The van der Waals surface area contributed by atoms with Gasteiger partial charge in [-0.3, -0.25) is 19.6 Å². The van der Waals surface area contributed by atoms with Crippen molar-refractivity contribution in [3.05, 3.63) is 38.0 Å². The van der Waals surface area contributed by atoms with Gasteiger partial charge in [0.1, 0.15) is 10.7 Å². The summed E-state index contributed by atoms with van der Waals surface area (Å²) >= 11 is 1.18. The summed E-state index contributed by atoms with van der Waals surface area (Å²) in [7, 11) is 2.67. The average Bonchev–Trinajstić information content (AvgIpc) is 2.97. The third-order valence-electron chi connectivity index (χ3n) is 3.08. The van der Waals surface area contributed by atoms with E-state index in [0.717, 1.165) is 9.56 Å². The summed E-state index contributed by atoms with van der Waals surface area (Å²) in [4.78, 5) is 35.4. The van der Waals surface area contributed by atoms with Gasteiger partial charge in [-0.15, -0.1) is 11.3 Å². The van der Waals surface area contributed by atoms with Crippen LogP contribution in [0.1, 0.15) is 31.4 Å². The van der Waals surface area contributed by atoms with Gasteiger partial charge < -0.3 is 10.1 Å². The zero-order chi connectivity index (χ0) is 17.3. The first-order chi connectivity index (χ1) is 10.8. The molecule has 0 atom stereocenters. The maximum absolute atomic E-state index is 12.4. The summed E-state index contributed by atoms with van der Waals surface area (Å²) in [6.45, 7) is 3.22. The van der Waals surface area contributed by atoms with Crippen molar-refractivity contribution in [2.45, 2.75) is 13.8 Å². The molecule has 9 nitrogen and oxygen atoms in total. The van der Waals surface area contributed by atoms with Gasteiger partial charge in [0.15, 0.2) is 0 Å². The van der Waals surface area contributed by atoms with Crippen LogP contribution in [0.3, 0.4) is 0 Å². The molecule has 0 spiro atoms. The molecule has 122 valence electrons. The minimum Gasteiger partial charge on any atom is -0.465 e. The Labute approximate surface area is 135 Å². The number of ether oxygens (including phenoxy) is 1. The number of rotatable bonds is 4. The summed E-state index contributed by atoms with van der Waals surface area (Å²) in [6, 6.07) is 1.58. The van der Waals surface area contributed by atoms with Crippen molar-refractivity contribution in [1.82, 2.24) is 9.78 Å². The molecule has 2 heterocycles. The number of thiophene rings is 1. The molecule has 0 fully saturated rings. The van der Waals surface area contributed by atoms with Gasteiger partial charge in [0, 0.05) is 11.9 Å². The SMILES string of the molecule is COC(=O)c1cc(C)sc1NC(=O)c1c([N+](=O)[O-])c(C)nn1C. The molecule has 0 aromatic carbocycles. The Kier molecular flexibility index (Phi) is 4.45. The summed E-state index contributed by atoms with van der Waals surface area (Å²) in [5.41, 5.74) is -0.213. The van der Waals surface area contributed by atoms with E-state index in [1.165, 1.54) is 32.4 Å². The first kappa shape index (κ1) is 16.6. The number of carbonyl (C=O) groups excluding carboxylic acids is 2. The van der Waals surface area contributed by atoms with Gasteiger partial charge in [-0.05, 0) is 19.9 Å². The van der Waals surface area contributed by atoms with Crippen molar-refractivity contribution in [2.75, 3.05) is 12.4 Å². The highest BCUT2D eigenvalue weighted by Crippen LogP contribution is 2.30. The lowest BCUT2D eigenvalue weighted by Crippen LogP contribution is -2.18. The number of nitrogens with zero attached hydrogens (tertiary/aromatic N) is 3. The van der Waals surface area contributed by atoms with Gasteiger partial charge in [0.05, 0.1) is 17.6 Å². The Morgan fingerprint density at radius 3 is 2.65 bits per heavy atom. The second-order valence-electron chi connectivity index (χ2n) is 4.71. The predicted molar refractivity (Wildman–Crippen MR) is 82.9 cm³/mol. The number of nitrogens with one attached hydrogen (secondary N) is 1. The fraction of sp³-hybridized carbons (Fsp3) is 0.308. The quantitative estimate of drug-likeness (QED) is 0.518. The average molecular weight is 338 g/mol. The van der Waals surface area contributed by atoms with Crippen molar-refractivity contribution in [3.63, 3.8) is 0 Å². The van der Waals surface area contributed by atoms with Crippen LogP contribution in [-0.4, -0.2) is 33.7 Å². The number of esters is 1. The summed E-state index contributed by atoms with van der Waals surface area (Å²) < 4.78 is 5.80. The smallest absolute Gasteiger partial charge is 0.340 e. The third kappa shape index (κ3) is 3.06. The number of aromatic nitrogens is 2. The summed E-state index contributed by atoms with van der Waals surface area (Å²) in [5, 5.41) is 17.8. The second kappa shape index (κ2) is 6.16. The largest absolute Gasteiger partial charge is 0.465 e. The van der Waals surface area contributed by atoms with Crippen LogP contribution in [0.2, 0.25) is 0 Å². The molecule has 0 saturated carbocycles. The predicted octanol–water partition coefficient (Wildman–Crippen LogP) is 2.05. The molecule has 0 saturated heterocycles. The van der Waals surface area contributed by atoms with Gasteiger partial charge in [0.25, 0.3) is 5.91 Å². The van der Waals surface area contributed by atoms with Crippen LogP contribution in [0.15, 0.2) is 6.07 Å². The molecule has 2 rings (SSSR count). The molecule has 0 aliphatic carbocycles. The van der Waals surface area contributed by atoms with Crippen molar-refractivity contribution in [2.24, 2.45) is 7.05 Å². The van der Waals surface area contributed by atoms with Crippen LogP contribution in [0, 0.1) is 24.0 Å². The van der Waals surface area contributed by atoms with Gasteiger partial charge in [0.2, 0.25) is 5.69 Å². The lowest BCUT2D eigenvalue weighted by Gasteiger charge is -2.05.